The van der Waals surface area contributed by atoms with Gasteiger partial charge in [0.2, 0.25) is 11.1 Å². The second-order valence-electron chi connectivity index (χ2n) is 3.66. The fraction of sp³-hybridized carbons (Fsp3) is 0.0909. The summed E-state index contributed by atoms with van der Waals surface area (Å²) < 4.78 is 0.907. The first-order chi connectivity index (χ1) is 8.97. The number of hydrogen-bond donors (Lipinski definition) is 1. The highest BCUT2D eigenvalue weighted by Crippen LogP contribution is 2.29. The second kappa shape index (κ2) is 5.50. The van der Waals surface area contributed by atoms with E-state index in [1.165, 1.54) is 6.92 Å². The Morgan fingerprint density at radius 1 is 1.32 bits per heavy atom. The molecule has 0 radical (unpaired) electrons. The van der Waals surface area contributed by atoms with Gasteiger partial charge in [0.1, 0.15) is 5.69 Å². The number of halogens is 2. The molecule has 0 bridgehead atoms. The van der Waals surface area contributed by atoms with Crippen LogP contribution in [0.25, 0.3) is 0 Å². The molecule has 2 aromatic rings. The van der Waals surface area contributed by atoms with Gasteiger partial charge in [-0.1, -0.05) is 15.9 Å². The number of aromatic nitrogens is 2. The Hall–Kier alpha value is -1.73. The van der Waals surface area contributed by atoms with Gasteiger partial charge >= 0.3 is 5.69 Å². The monoisotopic (exact) mass is 342 g/mol. The summed E-state index contributed by atoms with van der Waals surface area (Å²) in [6, 6.07) is 7.14. The van der Waals surface area contributed by atoms with E-state index in [4.69, 9.17) is 11.6 Å². The highest BCUT2D eigenvalue weighted by atomic mass is 79.9. The molecule has 2 rings (SSSR count). The third-order valence-electron chi connectivity index (χ3n) is 2.32. The minimum Gasteiger partial charge on any atom is -0.334 e. The molecule has 0 amide bonds. The van der Waals surface area contributed by atoms with E-state index in [-0.39, 0.29) is 22.5 Å². The fourth-order valence-electron chi connectivity index (χ4n) is 1.51. The van der Waals surface area contributed by atoms with Crippen molar-refractivity contribution in [3.05, 3.63) is 49.8 Å². The predicted octanol–water partition coefficient (Wildman–Crippen LogP) is 3.85. The minimum atomic E-state index is -0.535. The predicted molar refractivity (Wildman–Crippen MR) is 75.9 cm³/mol. The van der Waals surface area contributed by atoms with Crippen LogP contribution in [0.1, 0.15) is 5.69 Å². The summed E-state index contributed by atoms with van der Waals surface area (Å²) in [6.07, 6.45) is 0. The highest BCUT2D eigenvalue weighted by molar-refractivity contribution is 9.10. The van der Waals surface area contributed by atoms with E-state index in [1.54, 1.807) is 12.1 Å². The molecule has 19 heavy (non-hydrogen) atoms. The maximum atomic E-state index is 11.0. The number of rotatable bonds is 3. The Morgan fingerprint density at radius 2 is 1.95 bits per heavy atom. The van der Waals surface area contributed by atoms with Crippen molar-refractivity contribution in [1.29, 1.82) is 0 Å². The zero-order valence-electron chi connectivity index (χ0n) is 9.72. The molecule has 6 nitrogen and oxygen atoms in total. The summed E-state index contributed by atoms with van der Waals surface area (Å²) in [5.41, 5.74) is 0.692. The van der Waals surface area contributed by atoms with Gasteiger partial charge in [-0.25, -0.2) is 4.98 Å². The van der Waals surface area contributed by atoms with Crippen molar-refractivity contribution in [2.45, 2.75) is 6.92 Å². The van der Waals surface area contributed by atoms with Gasteiger partial charge in [0, 0.05) is 10.2 Å². The molecule has 8 heteroatoms. The van der Waals surface area contributed by atoms with Crippen LogP contribution in [0, 0.1) is 17.0 Å². The topological polar surface area (TPSA) is 81.0 Å². The van der Waals surface area contributed by atoms with Gasteiger partial charge in [-0.3, -0.25) is 10.1 Å². The van der Waals surface area contributed by atoms with Crippen molar-refractivity contribution >= 4 is 44.7 Å². The van der Waals surface area contributed by atoms with E-state index < -0.39 is 4.92 Å². The maximum Gasteiger partial charge on any atom is 0.332 e. The first-order valence-corrected chi connectivity index (χ1v) is 6.35. The molecule has 0 spiro atoms. The minimum absolute atomic E-state index is 0.0392. The standard InChI is InChI=1S/C11H8BrClN4O2/c1-6-9(17(18)19)10(16-11(13)14-6)15-8-4-2-7(12)3-5-8/h2-5H,1H3,(H,14,15,16). The van der Waals surface area contributed by atoms with Gasteiger partial charge in [-0.2, -0.15) is 4.98 Å². The molecular weight excluding hydrogens is 336 g/mol. The van der Waals surface area contributed by atoms with Crippen LogP contribution in [0.2, 0.25) is 5.28 Å². The smallest absolute Gasteiger partial charge is 0.332 e. The van der Waals surface area contributed by atoms with Gasteiger partial charge in [0.25, 0.3) is 0 Å². The van der Waals surface area contributed by atoms with Gasteiger partial charge in [-0.15, -0.1) is 0 Å². The average molecular weight is 344 g/mol. The average Bonchev–Trinajstić information content (AvgIpc) is 2.30. The molecule has 0 atom stereocenters. The van der Waals surface area contributed by atoms with Gasteiger partial charge in [0.05, 0.1) is 4.92 Å². The van der Waals surface area contributed by atoms with Crippen LogP contribution in [-0.2, 0) is 0 Å². The van der Waals surface area contributed by atoms with Crippen molar-refractivity contribution < 1.29 is 4.92 Å². The Balaban J connectivity index is 2.44. The summed E-state index contributed by atoms with van der Waals surface area (Å²) >= 11 is 9.03. The van der Waals surface area contributed by atoms with Crippen LogP contribution in [0.3, 0.4) is 0 Å². The third kappa shape index (κ3) is 3.18. The number of hydrogen-bond acceptors (Lipinski definition) is 5. The van der Waals surface area contributed by atoms with Gasteiger partial charge in [0.15, 0.2) is 0 Å². The van der Waals surface area contributed by atoms with Crippen LogP contribution in [0.4, 0.5) is 17.2 Å². The van der Waals surface area contributed by atoms with E-state index in [2.05, 4.69) is 31.2 Å². The van der Waals surface area contributed by atoms with Crippen LogP contribution in [0.15, 0.2) is 28.7 Å². The van der Waals surface area contributed by atoms with Crippen molar-refractivity contribution in [3.8, 4) is 0 Å². The van der Waals surface area contributed by atoms with Gasteiger partial charge < -0.3 is 5.32 Å². The van der Waals surface area contributed by atoms with E-state index in [9.17, 15) is 10.1 Å². The molecule has 0 fully saturated rings. The van der Waals surface area contributed by atoms with Crippen molar-refractivity contribution in [1.82, 2.24) is 9.97 Å². The second-order valence-corrected chi connectivity index (χ2v) is 4.92. The quantitative estimate of drug-likeness (QED) is 0.520. The van der Waals surface area contributed by atoms with Crippen molar-refractivity contribution in [3.63, 3.8) is 0 Å². The van der Waals surface area contributed by atoms with Crippen molar-refractivity contribution in [2.24, 2.45) is 0 Å². The van der Waals surface area contributed by atoms with Crippen LogP contribution in [0.5, 0.6) is 0 Å². The molecule has 1 heterocycles. The van der Waals surface area contributed by atoms with E-state index >= 15 is 0 Å². The van der Waals surface area contributed by atoms with Crippen LogP contribution >= 0.6 is 27.5 Å². The summed E-state index contributed by atoms with van der Waals surface area (Å²) in [7, 11) is 0. The Kier molecular flexibility index (Phi) is 3.96. The highest BCUT2D eigenvalue weighted by Gasteiger charge is 2.21. The Bertz CT molecular complexity index is 633. The SMILES string of the molecule is Cc1nc(Cl)nc(Nc2ccc(Br)cc2)c1[N+](=O)[O-]. The summed E-state index contributed by atoms with van der Waals surface area (Å²) in [5.74, 6) is 0.0739. The van der Waals surface area contributed by atoms with E-state index in [1.807, 2.05) is 12.1 Å². The first-order valence-electron chi connectivity index (χ1n) is 5.18. The molecule has 0 unspecified atom stereocenters. The molecule has 1 N–H and O–H groups in total. The van der Waals surface area contributed by atoms with E-state index in [0.29, 0.717) is 5.69 Å². The van der Waals surface area contributed by atoms with Crippen LogP contribution < -0.4 is 5.32 Å². The third-order valence-corrected chi connectivity index (χ3v) is 3.02. The molecule has 0 aliphatic heterocycles. The Labute approximate surface area is 122 Å². The number of aryl methyl sites for hydroxylation is 1. The molecule has 1 aromatic heterocycles. The molecule has 1 aromatic carbocycles. The number of nitrogens with zero attached hydrogens (tertiary/aromatic N) is 3. The lowest BCUT2D eigenvalue weighted by Gasteiger charge is -2.07. The summed E-state index contributed by atoms with van der Waals surface area (Å²) in [5, 5.41) is 13.9. The lowest BCUT2D eigenvalue weighted by atomic mass is 10.3. The zero-order chi connectivity index (χ0) is 14.0. The largest absolute Gasteiger partial charge is 0.334 e. The summed E-state index contributed by atoms with van der Waals surface area (Å²) in [4.78, 5) is 18.1. The van der Waals surface area contributed by atoms with Crippen LogP contribution in [-0.4, -0.2) is 14.9 Å². The van der Waals surface area contributed by atoms with Gasteiger partial charge in [-0.05, 0) is 42.8 Å². The zero-order valence-corrected chi connectivity index (χ0v) is 12.1. The van der Waals surface area contributed by atoms with E-state index in [0.717, 1.165) is 4.47 Å². The molecule has 0 aliphatic carbocycles. The molecule has 0 aliphatic rings. The van der Waals surface area contributed by atoms with Crippen molar-refractivity contribution in [2.75, 3.05) is 5.32 Å². The lowest BCUT2D eigenvalue weighted by molar-refractivity contribution is -0.385. The maximum absolute atomic E-state index is 11.0. The lowest BCUT2D eigenvalue weighted by Crippen LogP contribution is -2.04. The molecular formula is C11H8BrClN4O2. The molecule has 0 saturated heterocycles. The number of nitrogens with one attached hydrogen (secondary N) is 1. The number of anilines is 2. The Morgan fingerprint density at radius 3 is 2.53 bits per heavy atom. The fourth-order valence-corrected chi connectivity index (χ4v) is 1.98. The summed E-state index contributed by atoms with van der Waals surface area (Å²) in [6.45, 7) is 1.51. The first kappa shape index (κ1) is 13.7. The normalized spacial score (nSPS) is 10.3. The molecule has 0 saturated carbocycles. The molecule has 98 valence electrons. The number of nitro groups is 1. The number of benzene rings is 1.